The van der Waals surface area contributed by atoms with Gasteiger partial charge in [0.1, 0.15) is 6.04 Å². The number of hydrogen-bond acceptors (Lipinski definition) is 3. The maximum atomic E-state index is 11.9. The second-order valence-corrected chi connectivity index (χ2v) is 5.02. The van der Waals surface area contributed by atoms with Crippen molar-refractivity contribution in [2.75, 3.05) is 25.1 Å². The lowest BCUT2D eigenvalue weighted by atomic mass is 10.2. The molecule has 0 aliphatic carbocycles. The van der Waals surface area contributed by atoms with Crippen molar-refractivity contribution in [2.24, 2.45) is 0 Å². The van der Waals surface area contributed by atoms with Gasteiger partial charge >= 0.3 is 0 Å². The zero-order valence-electron chi connectivity index (χ0n) is 9.00. The molecule has 6 heteroatoms. The third kappa shape index (κ3) is 3.42. The Labute approximate surface area is 113 Å². The minimum Gasteiger partial charge on any atom is -0.378 e. The zero-order chi connectivity index (χ0) is 12.3. The molecule has 2 N–H and O–H groups in total. The van der Waals surface area contributed by atoms with Gasteiger partial charge in [0.2, 0.25) is 5.91 Å². The second-order valence-electron chi connectivity index (χ2n) is 3.70. The minimum absolute atomic E-state index is 0.135. The Morgan fingerprint density at radius 2 is 2.41 bits per heavy atom. The van der Waals surface area contributed by atoms with Gasteiger partial charge in [0.25, 0.3) is 0 Å². The van der Waals surface area contributed by atoms with Crippen LogP contribution in [-0.4, -0.2) is 31.7 Å². The monoisotopic (exact) mass is 318 g/mol. The number of anilines is 1. The number of nitrogens with one attached hydrogen (secondary N) is 2. The van der Waals surface area contributed by atoms with Gasteiger partial charge in [-0.05, 0) is 18.2 Å². The highest BCUT2D eigenvalue weighted by molar-refractivity contribution is 9.10. The minimum atomic E-state index is -0.321. The lowest BCUT2D eigenvalue weighted by Crippen LogP contribution is -2.48. The molecule has 0 bridgehead atoms. The van der Waals surface area contributed by atoms with Crippen molar-refractivity contribution in [3.05, 3.63) is 27.7 Å². The number of morpholine rings is 1. The third-order valence-corrected chi connectivity index (χ3v) is 3.25. The van der Waals surface area contributed by atoms with E-state index in [-0.39, 0.29) is 11.9 Å². The molecule has 1 aromatic rings. The van der Waals surface area contributed by atoms with Crippen molar-refractivity contribution >= 4 is 39.1 Å². The van der Waals surface area contributed by atoms with E-state index in [9.17, 15) is 4.79 Å². The van der Waals surface area contributed by atoms with E-state index < -0.39 is 0 Å². The molecule has 4 nitrogen and oxygen atoms in total. The average molecular weight is 320 g/mol. The van der Waals surface area contributed by atoms with Crippen LogP contribution in [0.3, 0.4) is 0 Å². The Kier molecular flexibility index (Phi) is 4.39. The number of amides is 1. The lowest BCUT2D eigenvalue weighted by Gasteiger charge is -2.23. The standard InChI is InChI=1S/C11H12BrClN2O2/c12-7-1-2-8(13)9(5-7)15-11(16)10-6-17-4-3-14-10/h1-2,5,10,14H,3-4,6H2,(H,15,16). The molecule has 1 saturated heterocycles. The maximum Gasteiger partial charge on any atom is 0.243 e. The molecule has 92 valence electrons. The van der Waals surface area contributed by atoms with Crippen LogP contribution >= 0.6 is 27.5 Å². The fourth-order valence-electron chi connectivity index (χ4n) is 1.55. The van der Waals surface area contributed by atoms with E-state index in [1.165, 1.54) is 0 Å². The predicted molar refractivity (Wildman–Crippen MR) is 70.4 cm³/mol. The Morgan fingerprint density at radius 3 is 3.12 bits per heavy atom. The molecule has 1 fully saturated rings. The van der Waals surface area contributed by atoms with Crippen molar-refractivity contribution in [3.63, 3.8) is 0 Å². The van der Waals surface area contributed by atoms with Gasteiger partial charge in [0.05, 0.1) is 23.9 Å². The molecule has 1 aliphatic rings. The topological polar surface area (TPSA) is 50.4 Å². The Bertz CT molecular complexity index is 422. The van der Waals surface area contributed by atoms with E-state index in [0.717, 1.165) is 4.47 Å². The smallest absolute Gasteiger partial charge is 0.243 e. The van der Waals surface area contributed by atoms with E-state index in [2.05, 4.69) is 26.6 Å². The first kappa shape index (κ1) is 12.8. The summed E-state index contributed by atoms with van der Waals surface area (Å²) in [6, 6.07) is 4.99. The van der Waals surface area contributed by atoms with Crippen molar-refractivity contribution in [1.82, 2.24) is 5.32 Å². The number of benzene rings is 1. The van der Waals surface area contributed by atoms with Crippen molar-refractivity contribution in [1.29, 1.82) is 0 Å². The molecule has 1 heterocycles. The van der Waals surface area contributed by atoms with Gasteiger partial charge in [-0.25, -0.2) is 0 Å². The van der Waals surface area contributed by atoms with Crippen LogP contribution < -0.4 is 10.6 Å². The second kappa shape index (κ2) is 5.82. The number of ether oxygens (including phenoxy) is 1. The first-order chi connectivity index (χ1) is 8.16. The largest absolute Gasteiger partial charge is 0.378 e. The molecule has 0 aromatic heterocycles. The van der Waals surface area contributed by atoms with E-state index in [0.29, 0.717) is 30.5 Å². The fourth-order valence-corrected chi connectivity index (χ4v) is 2.07. The van der Waals surface area contributed by atoms with Crippen molar-refractivity contribution in [3.8, 4) is 0 Å². The van der Waals surface area contributed by atoms with Gasteiger partial charge in [-0.1, -0.05) is 27.5 Å². The number of hydrogen-bond donors (Lipinski definition) is 2. The number of carbonyl (C=O) groups is 1. The molecule has 1 atom stereocenters. The number of rotatable bonds is 2. The molecule has 0 spiro atoms. The van der Waals surface area contributed by atoms with Gasteiger partial charge in [0, 0.05) is 11.0 Å². The molecule has 1 aromatic carbocycles. The summed E-state index contributed by atoms with van der Waals surface area (Å²) in [7, 11) is 0. The first-order valence-electron chi connectivity index (χ1n) is 5.24. The highest BCUT2D eigenvalue weighted by atomic mass is 79.9. The van der Waals surface area contributed by atoms with Gasteiger partial charge in [-0.15, -0.1) is 0 Å². The van der Waals surface area contributed by atoms with Gasteiger partial charge in [0.15, 0.2) is 0 Å². The van der Waals surface area contributed by atoms with Crippen LogP contribution in [0, 0.1) is 0 Å². The van der Waals surface area contributed by atoms with Crippen LogP contribution in [-0.2, 0) is 9.53 Å². The molecule has 1 amide bonds. The number of carbonyl (C=O) groups excluding carboxylic acids is 1. The third-order valence-electron chi connectivity index (χ3n) is 2.42. The summed E-state index contributed by atoms with van der Waals surface area (Å²) >= 11 is 9.32. The van der Waals surface area contributed by atoms with E-state index >= 15 is 0 Å². The van der Waals surface area contributed by atoms with Crippen LogP contribution in [0.1, 0.15) is 0 Å². The Balaban J connectivity index is 2.04. The lowest BCUT2D eigenvalue weighted by molar-refractivity contribution is -0.120. The van der Waals surface area contributed by atoms with Crippen LogP contribution in [0.15, 0.2) is 22.7 Å². The summed E-state index contributed by atoms with van der Waals surface area (Å²) in [5.74, 6) is -0.135. The quantitative estimate of drug-likeness (QED) is 0.877. The van der Waals surface area contributed by atoms with E-state index in [1.54, 1.807) is 12.1 Å². The first-order valence-corrected chi connectivity index (χ1v) is 6.41. The zero-order valence-corrected chi connectivity index (χ0v) is 11.3. The predicted octanol–water partition coefficient (Wildman–Crippen LogP) is 2.03. The molecule has 17 heavy (non-hydrogen) atoms. The molecule has 0 saturated carbocycles. The summed E-state index contributed by atoms with van der Waals surface area (Å²) in [6.07, 6.45) is 0. The summed E-state index contributed by atoms with van der Waals surface area (Å²) in [5.41, 5.74) is 0.596. The van der Waals surface area contributed by atoms with Gasteiger partial charge in [-0.3, -0.25) is 4.79 Å². The fraction of sp³-hybridized carbons (Fsp3) is 0.364. The van der Waals surface area contributed by atoms with Gasteiger partial charge in [-0.2, -0.15) is 0 Å². The highest BCUT2D eigenvalue weighted by Crippen LogP contribution is 2.25. The van der Waals surface area contributed by atoms with E-state index in [4.69, 9.17) is 16.3 Å². The van der Waals surface area contributed by atoms with Crippen molar-refractivity contribution < 1.29 is 9.53 Å². The summed E-state index contributed by atoms with van der Waals surface area (Å²) in [4.78, 5) is 11.9. The molecular formula is C11H12BrClN2O2. The normalized spacial score (nSPS) is 20.0. The molecule has 0 radical (unpaired) electrons. The summed E-state index contributed by atoms with van der Waals surface area (Å²) < 4.78 is 6.10. The van der Waals surface area contributed by atoms with E-state index in [1.807, 2.05) is 6.07 Å². The summed E-state index contributed by atoms with van der Waals surface area (Å²) in [5, 5.41) is 6.37. The van der Waals surface area contributed by atoms with Gasteiger partial charge < -0.3 is 15.4 Å². The van der Waals surface area contributed by atoms with Crippen LogP contribution in [0.25, 0.3) is 0 Å². The van der Waals surface area contributed by atoms with Crippen LogP contribution in [0.2, 0.25) is 5.02 Å². The summed E-state index contributed by atoms with van der Waals surface area (Å²) in [6.45, 7) is 1.71. The molecule has 1 aliphatic heterocycles. The highest BCUT2D eigenvalue weighted by Gasteiger charge is 2.21. The number of halogens is 2. The molecular weight excluding hydrogens is 307 g/mol. The Morgan fingerprint density at radius 1 is 1.59 bits per heavy atom. The van der Waals surface area contributed by atoms with Crippen LogP contribution in [0.5, 0.6) is 0 Å². The SMILES string of the molecule is O=C(Nc1cc(Br)ccc1Cl)C1COCCN1. The average Bonchev–Trinajstić information content (AvgIpc) is 2.35. The van der Waals surface area contributed by atoms with Crippen LogP contribution in [0.4, 0.5) is 5.69 Å². The molecule has 2 rings (SSSR count). The molecule has 1 unspecified atom stereocenters. The maximum absolute atomic E-state index is 11.9. The Hall–Kier alpha value is -0.620. The van der Waals surface area contributed by atoms with Crippen molar-refractivity contribution in [2.45, 2.75) is 6.04 Å².